The summed E-state index contributed by atoms with van der Waals surface area (Å²) in [7, 11) is 0. The molecular weight excluding hydrogens is 405 g/mol. The van der Waals surface area contributed by atoms with Crippen LogP contribution in [-0.4, -0.2) is 24.7 Å². The molecule has 124 valence electrons. The van der Waals surface area contributed by atoms with Crippen LogP contribution >= 0.6 is 27.3 Å². The van der Waals surface area contributed by atoms with Crippen LogP contribution in [0.15, 0.2) is 58.6 Å². The van der Waals surface area contributed by atoms with Gasteiger partial charge in [-0.05, 0) is 18.2 Å². The van der Waals surface area contributed by atoms with Crippen LogP contribution in [0.25, 0.3) is 22.4 Å². The first-order chi connectivity index (χ1) is 12.2. The summed E-state index contributed by atoms with van der Waals surface area (Å²) in [6, 6.07) is 10.3. The minimum absolute atomic E-state index is 0.259. The van der Waals surface area contributed by atoms with Crippen molar-refractivity contribution in [3.05, 3.63) is 70.0 Å². The Morgan fingerprint density at radius 3 is 2.76 bits per heavy atom. The highest BCUT2D eigenvalue weighted by molar-refractivity contribution is 9.10. The molecule has 4 aromatic rings. The van der Waals surface area contributed by atoms with E-state index in [0.717, 1.165) is 4.47 Å². The highest BCUT2D eigenvalue weighted by atomic mass is 79.9. The number of aromatic nitrogens is 5. The molecule has 0 aliphatic rings. The minimum Gasteiger partial charge on any atom is -0.253 e. The summed E-state index contributed by atoms with van der Waals surface area (Å²) in [5, 5.41) is 7.10. The lowest BCUT2D eigenvalue weighted by Gasteiger charge is -2.06. The second-order valence-corrected chi connectivity index (χ2v) is 7.01. The van der Waals surface area contributed by atoms with Gasteiger partial charge in [-0.2, -0.15) is 0 Å². The second kappa shape index (κ2) is 6.81. The Bertz CT molecular complexity index is 1020. The molecule has 3 heterocycles. The van der Waals surface area contributed by atoms with Gasteiger partial charge >= 0.3 is 0 Å². The van der Waals surface area contributed by atoms with Crippen LogP contribution < -0.4 is 0 Å². The average molecular weight is 416 g/mol. The van der Waals surface area contributed by atoms with Gasteiger partial charge < -0.3 is 0 Å². The fraction of sp³-hybridized carbons (Fsp3) is 0.0588. The van der Waals surface area contributed by atoms with Crippen molar-refractivity contribution in [1.29, 1.82) is 0 Å². The molecular formula is C17H11BrFN5S. The molecule has 25 heavy (non-hydrogen) atoms. The smallest absolute Gasteiger partial charge is 0.210 e. The topological polar surface area (TPSA) is 56.5 Å². The summed E-state index contributed by atoms with van der Waals surface area (Å²) in [6.45, 7) is 0.259. The molecule has 0 unspecified atom stereocenters. The predicted molar refractivity (Wildman–Crippen MR) is 97.6 cm³/mol. The highest BCUT2D eigenvalue weighted by Gasteiger charge is 2.17. The molecule has 0 N–H and O–H groups in total. The monoisotopic (exact) mass is 415 g/mol. The van der Waals surface area contributed by atoms with Gasteiger partial charge in [-0.15, -0.1) is 16.4 Å². The van der Waals surface area contributed by atoms with Crippen LogP contribution in [0.2, 0.25) is 0 Å². The van der Waals surface area contributed by atoms with E-state index in [4.69, 9.17) is 0 Å². The van der Waals surface area contributed by atoms with E-state index in [1.54, 1.807) is 35.3 Å². The first-order valence-corrected chi connectivity index (χ1v) is 9.08. The van der Waals surface area contributed by atoms with E-state index in [-0.39, 0.29) is 12.4 Å². The number of pyridine rings is 1. The summed E-state index contributed by atoms with van der Waals surface area (Å²) in [5.74, 6) is 0.791. The lowest BCUT2D eigenvalue weighted by atomic mass is 10.2. The minimum atomic E-state index is -0.276. The molecule has 0 radical (unpaired) electrons. The van der Waals surface area contributed by atoms with Gasteiger partial charge in [0.05, 0.1) is 6.54 Å². The van der Waals surface area contributed by atoms with Gasteiger partial charge in [0.15, 0.2) is 10.8 Å². The summed E-state index contributed by atoms with van der Waals surface area (Å²) in [5.41, 5.74) is 1.19. The quantitative estimate of drug-likeness (QED) is 0.495. The third-order valence-electron chi connectivity index (χ3n) is 3.52. The van der Waals surface area contributed by atoms with Crippen LogP contribution in [-0.2, 0) is 6.54 Å². The number of rotatable bonds is 4. The van der Waals surface area contributed by atoms with E-state index in [2.05, 4.69) is 36.0 Å². The van der Waals surface area contributed by atoms with Gasteiger partial charge in [0.25, 0.3) is 0 Å². The average Bonchev–Trinajstić information content (AvgIpc) is 3.26. The maximum Gasteiger partial charge on any atom is 0.210 e. The normalized spacial score (nSPS) is 11.0. The third-order valence-corrected chi connectivity index (χ3v) is 4.79. The van der Waals surface area contributed by atoms with Crippen molar-refractivity contribution in [3.8, 4) is 22.4 Å². The first-order valence-electron chi connectivity index (χ1n) is 7.41. The Morgan fingerprint density at radius 1 is 1.12 bits per heavy atom. The van der Waals surface area contributed by atoms with Gasteiger partial charge in [-0.1, -0.05) is 34.1 Å². The molecule has 0 saturated carbocycles. The fourth-order valence-corrected chi connectivity index (χ4v) is 3.28. The van der Waals surface area contributed by atoms with Crippen molar-refractivity contribution in [1.82, 2.24) is 24.7 Å². The second-order valence-electron chi connectivity index (χ2n) is 5.20. The van der Waals surface area contributed by atoms with Crippen molar-refractivity contribution < 1.29 is 4.39 Å². The molecule has 1 aromatic carbocycles. The van der Waals surface area contributed by atoms with Crippen LogP contribution in [0.4, 0.5) is 4.39 Å². The third kappa shape index (κ3) is 3.35. The molecule has 0 fully saturated rings. The number of halogens is 2. The van der Waals surface area contributed by atoms with Crippen molar-refractivity contribution >= 4 is 27.3 Å². The van der Waals surface area contributed by atoms with Crippen molar-refractivity contribution in [2.45, 2.75) is 6.54 Å². The van der Waals surface area contributed by atoms with Gasteiger partial charge in [0.1, 0.15) is 11.5 Å². The maximum atomic E-state index is 14.1. The Morgan fingerprint density at radius 2 is 2.00 bits per heavy atom. The number of benzene rings is 1. The molecule has 4 rings (SSSR count). The zero-order chi connectivity index (χ0) is 17.2. The predicted octanol–water partition coefficient (Wildman–Crippen LogP) is 4.41. The van der Waals surface area contributed by atoms with Gasteiger partial charge in [-0.25, -0.2) is 19.0 Å². The largest absolute Gasteiger partial charge is 0.253 e. The zero-order valence-electron chi connectivity index (χ0n) is 12.8. The first kappa shape index (κ1) is 16.0. The summed E-state index contributed by atoms with van der Waals surface area (Å²) in [6.07, 6.45) is 3.39. The maximum absolute atomic E-state index is 14.1. The zero-order valence-corrected chi connectivity index (χ0v) is 15.2. The van der Waals surface area contributed by atoms with E-state index in [1.807, 2.05) is 17.5 Å². The summed E-state index contributed by atoms with van der Waals surface area (Å²) < 4.78 is 16.6. The van der Waals surface area contributed by atoms with E-state index in [0.29, 0.717) is 27.9 Å². The van der Waals surface area contributed by atoms with Gasteiger partial charge in [0, 0.05) is 27.8 Å². The van der Waals surface area contributed by atoms with Crippen LogP contribution in [0.5, 0.6) is 0 Å². The molecule has 3 aromatic heterocycles. The summed E-state index contributed by atoms with van der Waals surface area (Å²) in [4.78, 5) is 13.2. The highest BCUT2D eigenvalue weighted by Crippen LogP contribution is 2.25. The number of thiazole rings is 1. The number of nitrogens with zero attached hydrogens (tertiary/aromatic N) is 5. The van der Waals surface area contributed by atoms with E-state index < -0.39 is 0 Å². The van der Waals surface area contributed by atoms with Crippen molar-refractivity contribution in [3.63, 3.8) is 0 Å². The van der Waals surface area contributed by atoms with E-state index in [9.17, 15) is 4.39 Å². The molecule has 0 atom stereocenters. The van der Waals surface area contributed by atoms with Crippen molar-refractivity contribution in [2.75, 3.05) is 0 Å². The molecule has 5 nitrogen and oxygen atoms in total. The van der Waals surface area contributed by atoms with E-state index in [1.165, 1.54) is 17.4 Å². The fourth-order valence-electron chi connectivity index (χ4n) is 2.38. The van der Waals surface area contributed by atoms with Crippen LogP contribution in [0.3, 0.4) is 0 Å². The van der Waals surface area contributed by atoms with Gasteiger partial charge in [0.2, 0.25) is 5.82 Å². The molecule has 0 aliphatic carbocycles. The Labute approximate surface area is 155 Å². The Hall–Kier alpha value is -2.45. The van der Waals surface area contributed by atoms with Gasteiger partial charge in [-0.3, -0.25) is 4.98 Å². The van der Waals surface area contributed by atoms with Crippen molar-refractivity contribution in [2.24, 2.45) is 0 Å². The molecule has 0 aliphatic heterocycles. The number of hydrogen-bond donors (Lipinski definition) is 0. The summed E-state index contributed by atoms with van der Waals surface area (Å²) >= 11 is 4.89. The lowest BCUT2D eigenvalue weighted by Crippen LogP contribution is -2.06. The molecule has 0 saturated heterocycles. The lowest BCUT2D eigenvalue weighted by molar-refractivity contribution is 0.587. The molecule has 0 spiro atoms. The van der Waals surface area contributed by atoms with Crippen LogP contribution in [0, 0.1) is 5.82 Å². The standard InChI is InChI=1S/C17H11BrFN5S/c18-12-5-6-20-14(9-12)16-22-15(17-21-7-8-25-17)23-24(16)10-11-3-1-2-4-13(11)19/h1-9H,10H2. The molecule has 0 amide bonds. The Kier molecular flexibility index (Phi) is 4.37. The molecule has 0 bridgehead atoms. The Balaban J connectivity index is 1.82. The molecule has 8 heteroatoms. The number of hydrogen-bond acceptors (Lipinski definition) is 5. The van der Waals surface area contributed by atoms with Crippen LogP contribution in [0.1, 0.15) is 5.56 Å². The van der Waals surface area contributed by atoms with E-state index >= 15 is 0 Å². The SMILES string of the molecule is Fc1ccccc1Cn1nc(-c2nccs2)nc1-c1cc(Br)ccn1.